The number of rotatable bonds is 9. The Balaban J connectivity index is 1.80. The second-order valence-corrected chi connectivity index (χ2v) is 6.67. The summed E-state index contributed by atoms with van der Waals surface area (Å²) in [5.74, 6) is 0.826. The van der Waals surface area contributed by atoms with Gasteiger partial charge >= 0.3 is 0 Å². The van der Waals surface area contributed by atoms with Crippen LogP contribution in [0.5, 0.6) is 0 Å². The summed E-state index contributed by atoms with van der Waals surface area (Å²) in [7, 11) is 2.06. The SMILES string of the molecule is CC(C)NCc1ccc(N(C)CCOCC2CC2)c(Cl)c1. The molecule has 4 heteroatoms. The van der Waals surface area contributed by atoms with E-state index in [2.05, 4.69) is 43.2 Å². The Morgan fingerprint density at radius 2 is 2.14 bits per heavy atom. The molecule has 2 rings (SSSR count). The van der Waals surface area contributed by atoms with E-state index in [1.165, 1.54) is 18.4 Å². The number of ether oxygens (including phenoxy) is 1. The van der Waals surface area contributed by atoms with Crippen molar-refractivity contribution in [1.29, 1.82) is 0 Å². The van der Waals surface area contributed by atoms with Crippen LogP contribution < -0.4 is 10.2 Å². The molecule has 1 aromatic carbocycles. The molecule has 0 unspecified atom stereocenters. The molecule has 21 heavy (non-hydrogen) atoms. The number of hydrogen-bond acceptors (Lipinski definition) is 3. The Labute approximate surface area is 133 Å². The van der Waals surface area contributed by atoms with E-state index in [-0.39, 0.29) is 0 Å². The van der Waals surface area contributed by atoms with Crippen molar-refractivity contribution < 1.29 is 4.74 Å². The zero-order valence-electron chi connectivity index (χ0n) is 13.4. The molecular weight excluding hydrogens is 284 g/mol. The van der Waals surface area contributed by atoms with Crippen LogP contribution in [-0.2, 0) is 11.3 Å². The fourth-order valence-corrected chi connectivity index (χ4v) is 2.50. The fraction of sp³-hybridized carbons (Fsp3) is 0.647. The second-order valence-electron chi connectivity index (χ2n) is 6.26. The fourth-order valence-electron chi connectivity index (χ4n) is 2.15. The monoisotopic (exact) mass is 310 g/mol. The predicted molar refractivity (Wildman–Crippen MR) is 90.2 cm³/mol. The summed E-state index contributed by atoms with van der Waals surface area (Å²) < 4.78 is 5.68. The van der Waals surface area contributed by atoms with Crippen molar-refractivity contribution in [2.45, 2.75) is 39.3 Å². The van der Waals surface area contributed by atoms with E-state index in [1.807, 2.05) is 6.07 Å². The number of nitrogens with zero attached hydrogens (tertiary/aromatic N) is 1. The average molecular weight is 311 g/mol. The van der Waals surface area contributed by atoms with Crippen molar-refractivity contribution in [2.75, 3.05) is 31.7 Å². The third-order valence-electron chi connectivity index (χ3n) is 3.76. The molecule has 1 aliphatic rings. The first kappa shape index (κ1) is 16.6. The highest BCUT2D eigenvalue weighted by molar-refractivity contribution is 6.33. The topological polar surface area (TPSA) is 24.5 Å². The predicted octanol–water partition coefficient (Wildman–Crippen LogP) is 3.70. The van der Waals surface area contributed by atoms with Gasteiger partial charge in [0.15, 0.2) is 0 Å². The van der Waals surface area contributed by atoms with Gasteiger partial charge in [-0.1, -0.05) is 31.5 Å². The van der Waals surface area contributed by atoms with E-state index in [0.717, 1.165) is 42.9 Å². The van der Waals surface area contributed by atoms with Crippen LogP contribution in [0.15, 0.2) is 18.2 Å². The molecule has 0 atom stereocenters. The van der Waals surface area contributed by atoms with Gasteiger partial charge < -0.3 is 15.0 Å². The van der Waals surface area contributed by atoms with Crippen molar-refractivity contribution >= 4 is 17.3 Å². The molecule has 118 valence electrons. The van der Waals surface area contributed by atoms with Gasteiger partial charge in [0.25, 0.3) is 0 Å². The first-order chi connectivity index (χ1) is 10.1. The lowest BCUT2D eigenvalue weighted by Crippen LogP contribution is -2.24. The summed E-state index contributed by atoms with van der Waals surface area (Å²) >= 11 is 6.40. The number of likely N-dealkylation sites (N-methyl/N-ethyl adjacent to an activating group) is 1. The van der Waals surface area contributed by atoms with Gasteiger partial charge in [-0.05, 0) is 36.5 Å². The van der Waals surface area contributed by atoms with Crippen LogP contribution >= 0.6 is 11.6 Å². The third-order valence-corrected chi connectivity index (χ3v) is 4.06. The van der Waals surface area contributed by atoms with Gasteiger partial charge in [-0.15, -0.1) is 0 Å². The maximum absolute atomic E-state index is 6.40. The van der Waals surface area contributed by atoms with E-state index in [0.29, 0.717) is 6.04 Å². The molecule has 1 saturated carbocycles. The van der Waals surface area contributed by atoms with Crippen molar-refractivity contribution in [3.8, 4) is 0 Å². The van der Waals surface area contributed by atoms with Gasteiger partial charge in [-0.3, -0.25) is 0 Å². The van der Waals surface area contributed by atoms with Crippen LogP contribution in [0.2, 0.25) is 5.02 Å². The normalized spacial score (nSPS) is 14.7. The second kappa shape index (κ2) is 8.02. The van der Waals surface area contributed by atoms with Crippen molar-refractivity contribution in [3.63, 3.8) is 0 Å². The van der Waals surface area contributed by atoms with Gasteiger partial charge in [0.05, 0.1) is 17.3 Å². The molecule has 1 N–H and O–H groups in total. The van der Waals surface area contributed by atoms with E-state index in [1.54, 1.807) is 0 Å². The van der Waals surface area contributed by atoms with E-state index < -0.39 is 0 Å². The average Bonchev–Trinajstić information content (AvgIpc) is 3.25. The number of halogens is 1. The first-order valence-electron chi connectivity index (χ1n) is 7.87. The van der Waals surface area contributed by atoms with Crippen LogP contribution in [0, 0.1) is 5.92 Å². The smallest absolute Gasteiger partial charge is 0.0642 e. The molecule has 0 aliphatic heterocycles. The van der Waals surface area contributed by atoms with Crippen LogP contribution in [0.3, 0.4) is 0 Å². The number of benzene rings is 1. The molecule has 1 aliphatic carbocycles. The van der Waals surface area contributed by atoms with E-state index in [4.69, 9.17) is 16.3 Å². The minimum Gasteiger partial charge on any atom is -0.379 e. The van der Waals surface area contributed by atoms with E-state index in [9.17, 15) is 0 Å². The lowest BCUT2D eigenvalue weighted by atomic mass is 10.2. The maximum atomic E-state index is 6.40. The molecule has 1 fully saturated rings. The van der Waals surface area contributed by atoms with Gasteiger partial charge in [-0.2, -0.15) is 0 Å². The lowest BCUT2D eigenvalue weighted by molar-refractivity contribution is 0.131. The van der Waals surface area contributed by atoms with Gasteiger partial charge in [0.2, 0.25) is 0 Å². The molecule has 0 spiro atoms. The van der Waals surface area contributed by atoms with Crippen molar-refractivity contribution in [1.82, 2.24) is 5.32 Å². The summed E-state index contributed by atoms with van der Waals surface area (Å²) in [6.07, 6.45) is 2.68. The van der Waals surface area contributed by atoms with Crippen molar-refractivity contribution in [2.24, 2.45) is 5.92 Å². The molecule has 0 radical (unpaired) electrons. The Kier molecular flexibility index (Phi) is 6.34. The van der Waals surface area contributed by atoms with Crippen LogP contribution in [-0.4, -0.2) is 32.8 Å². The minimum absolute atomic E-state index is 0.481. The van der Waals surface area contributed by atoms with Gasteiger partial charge in [-0.25, -0.2) is 0 Å². The Morgan fingerprint density at radius 1 is 1.38 bits per heavy atom. The standard InChI is InChI=1S/C17H27ClN2O/c1-13(2)19-11-15-6-7-17(16(18)10-15)20(3)8-9-21-12-14-4-5-14/h6-7,10,13-14,19H,4-5,8-9,11-12H2,1-3H3. The molecular formula is C17H27ClN2O. The summed E-state index contributed by atoms with van der Waals surface area (Å²) in [5, 5.41) is 4.21. The molecule has 0 heterocycles. The van der Waals surface area contributed by atoms with Crippen LogP contribution in [0.1, 0.15) is 32.3 Å². The Bertz CT molecular complexity index is 446. The third kappa shape index (κ3) is 5.85. The van der Waals surface area contributed by atoms with Crippen LogP contribution in [0.25, 0.3) is 0 Å². The number of nitrogens with one attached hydrogen (secondary N) is 1. The Morgan fingerprint density at radius 3 is 2.76 bits per heavy atom. The van der Waals surface area contributed by atoms with Crippen molar-refractivity contribution in [3.05, 3.63) is 28.8 Å². The zero-order valence-corrected chi connectivity index (χ0v) is 14.1. The maximum Gasteiger partial charge on any atom is 0.0642 e. The van der Waals surface area contributed by atoms with E-state index >= 15 is 0 Å². The molecule has 0 amide bonds. The largest absolute Gasteiger partial charge is 0.379 e. The highest BCUT2D eigenvalue weighted by Crippen LogP contribution is 2.29. The molecule has 0 bridgehead atoms. The minimum atomic E-state index is 0.481. The molecule has 1 aromatic rings. The number of hydrogen-bond donors (Lipinski definition) is 1. The molecule has 0 aromatic heterocycles. The Hall–Kier alpha value is -0.770. The highest BCUT2D eigenvalue weighted by atomic mass is 35.5. The van der Waals surface area contributed by atoms with Gasteiger partial charge in [0.1, 0.15) is 0 Å². The zero-order chi connectivity index (χ0) is 15.2. The summed E-state index contributed by atoms with van der Waals surface area (Å²) in [4.78, 5) is 2.16. The van der Waals surface area contributed by atoms with Crippen LogP contribution in [0.4, 0.5) is 5.69 Å². The summed E-state index contributed by atoms with van der Waals surface area (Å²) in [5.41, 5.74) is 2.29. The van der Waals surface area contributed by atoms with Gasteiger partial charge in [0, 0.05) is 32.8 Å². The molecule has 3 nitrogen and oxygen atoms in total. The lowest BCUT2D eigenvalue weighted by Gasteiger charge is -2.21. The quantitative estimate of drug-likeness (QED) is 0.704. The number of anilines is 1. The first-order valence-corrected chi connectivity index (χ1v) is 8.24. The summed E-state index contributed by atoms with van der Waals surface area (Å²) in [6, 6.07) is 6.77. The highest BCUT2D eigenvalue weighted by Gasteiger charge is 2.21. The summed E-state index contributed by atoms with van der Waals surface area (Å²) in [6.45, 7) is 7.69. The molecule has 0 saturated heterocycles.